The maximum absolute atomic E-state index is 12.8. The zero-order chi connectivity index (χ0) is 20.2. The Morgan fingerprint density at radius 1 is 1.03 bits per heavy atom. The Bertz CT molecular complexity index is 1290. The van der Waals surface area contributed by atoms with Crippen LogP contribution in [0.1, 0.15) is 21.6 Å². The van der Waals surface area contributed by atoms with Crippen molar-refractivity contribution in [2.75, 3.05) is 0 Å². The van der Waals surface area contributed by atoms with E-state index in [9.17, 15) is 14.4 Å². The van der Waals surface area contributed by atoms with E-state index in [1.54, 1.807) is 42.7 Å². The lowest BCUT2D eigenvalue weighted by Crippen LogP contribution is -2.31. The second kappa shape index (κ2) is 7.89. The van der Waals surface area contributed by atoms with Gasteiger partial charge in [0.15, 0.2) is 0 Å². The molecule has 1 aromatic carbocycles. The number of hydrogen-bond donors (Lipinski definition) is 2. The number of carbonyl (C=O) groups excluding carboxylic acids is 1. The van der Waals surface area contributed by atoms with Crippen molar-refractivity contribution in [3.05, 3.63) is 105 Å². The Morgan fingerprint density at radius 3 is 2.62 bits per heavy atom. The Balaban J connectivity index is 1.69. The number of H-pyrrole nitrogens is 1. The van der Waals surface area contributed by atoms with Gasteiger partial charge in [0.25, 0.3) is 17.0 Å². The summed E-state index contributed by atoms with van der Waals surface area (Å²) in [6.07, 6.45) is 4.79. The molecular formula is C21H17N5O3. The normalized spacial score (nSPS) is 10.8. The molecule has 0 aliphatic rings. The minimum Gasteiger partial charge on any atom is -0.346 e. The monoisotopic (exact) mass is 387 g/mol. The second-order valence-corrected chi connectivity index (χ2v) is 6.41. The molecule has 29 heavy (non-hydrogen) atoms. The first kappa shape index (κ1) is 18.3. The number of benzene rings is 1. The Hall–Kier alpha value is -4.07. The van der Waals surface area contributed by atoms with Gasteiger partial charge in [-0.05, 0) is 29.8 Å². The van der Waals surface area contributed by atoms with Crippen LogP contribution in [0.2, 0.25) is 0 Å². The number of aromatic nitrogens is 4. The number of aromatic amines is 1. The molecule has 8 nitrogen and oxygen atoms in total. The molecule has 0 saturated carbocycles. The molecule has 1 amide bonds. The first-order valence-electron chi connectivity index (χ1n) is 8.97. The third kappa shape index (κ3) is 3.81. The van der Waals surface area contributed by atoms with Crippen LogP contribution in [-0.4, -0.2) is 25.7 Å². The van der Waals surface area contributed by atoms with Crippen molar-refractivity contribution < 1.29 is 4.79 Å². The van der Waals surface area contributed by atoms with E-state index in [0.717, 1.165) is 5.56 Å². The summed E-state index contributed by atoms with van der Waals surface area (Å²) in [5, 5.41) is 8.33. The number of amides is 1. The van der Waals surface area contributed by atoms with Crippen LogP contribution in [0.25, 0.3) is 10.8 Å². The minimum atomic E-state index is -0.511. The molecule has 8 heteroatoms. The van der Waals surface area contributed by atoms with Crippen LogP contribution in [-0.2, 0) is 13.1 Å². The molecule has 0 aliphatic heterocycles. The summed E-state index contributed by atoms with van der Waals surface area (Å²) < 4.78 is 1.36. The summed E-state index contributed by atoms with van der Waals surface area (Å²) >= 11 is 0. The van der Waals surface area contributed by atoms with Crippen molar-refractivity contribution in [3.63, 3.8) is 0 Å². The van der Waals surface area contributed by atoms with E-state index in [4.69, 9.17) is 0 Å². The fourth-order valence-corrected chi connectivity index (χ4v) is 3.07. The van der Waals surface area contributed by atoms with Crippen molar-refractivity contribution in [3.8, 4) is 0 Å². The van der Waals surface area contributed by atoms with Crippen LogP contribution in [0.5, 0.6) is 0 Å². The number of fused-ring (bicyclic) bond motifs is 1. The van der Waals surface area contributed by atoms with Gasteiger partial charge in [-0.25, -0.2) is 4.68 Å². The van der Waals surface area contributed by atoms with E-state index >= 15 is 0 Å². The topological polar surface area (TPSA) is 110 Å². The maximum atomic E-state index is 12.8. The number of nitrogens with zero attached hydrogens (tertiary/aromatic N) is 3. The molecule has 0 unspecified atom stereocenters. The van der Waals surface area contributed by atoms with Gasteiger partial charge >= 0.3 is 0 Å². The van der Waals surface area contributed by atoms with Gasteiger partial charge in [-0.2, -0.15) is 5.10 Å². The van der Waals surface area contributed by atoms with Crippen molar-refractivity contribution >= 4 is 16.7 Å². The van der Waals surface area contributed by atoms with Gasteiger partial charge in [0.1, 0.15) is 5.56 Å². The van der Waals surface area contributed by atoms with Gasteiger partial charge in [0, 0.05) is 24.0 Å². The van der Waals surface area contributed by atoms with Gasteiger partial charge in [-0.3, -0.25) is 19.4 Å². The number of carbonyl (C=O) groups is 1. The molecule has 0 radical (unpaired) electrons. The van der Waals surface area contributed by atoms with E-state index in [1.165, 1.54) is 16.9 Å². The third-order valence-corrected chi connectivity index (χ3v) is 4.48. The van der Waals surface area contributed by atoms with Crippen LogP contribution in [0, 0.1) is 0 Å². The molecule has 0 aliphatic carbocycles. The number of hydrogen-bond acceptors (Lipinski definition) is 5. The summed E-state index contributed by atoms with van der Waals surface area (Å²) in [5.74, 6) is -0.511. The lowest BCUT2D eigenvalue weighted by atomic mass is 10.1. The first-order valence-corrected chi connectivity index (χ1v) is 8.97. The number of nitrogens with one attached hydrogen (secondary N) is 2. The molecule has 0 bridgehead atoms. The zero-order valence-electron chi connectivity index (χ0n) is 15.3. The predicted octanol–water partition coefficient (Wildman–Crippen LogP) is 1.46. The van der Waals surface area contributed by atoms with Gasteiger partial charge < -0.3 is 10.3 Å². The Labute approximate surface area is 164 Å². The maximum Gasteiger partial charge on any atom is 0.274 e. The fraction of sp³-hybridized carbons (Fsp3) is 0.0952. The molecule has 0 fully saturated rings. The molecule has 3 aromatic heterocycles. The summed E-state index contributed by atoms with van der Waals surface area (Å²) in [7, 11) is 0. The highest BCUT2D eigenvalue weighted by Crippen LogP contribution is 2.14. The van der Waals surface area contributed by atoms with E-state index in [0.29, 0.717) is 16.5 Å². The fourth-order valence-electron chi connectivity index (χ4n) is 3.07. The van der Waals surface area contributed by atoms with Crippen LogP contribution in [0.3, 0.4) is 0 Å². The van der Waals surface area contributed by atoms with Gasteiger partial charge in [-0.1, -0.05) is 24.3 Å². The van der Waals surface area contributed by atoms with Gasteiger partial charge in [0.2, 0.25) is 0 Å². The highest BCUT2D eigenvalue weighted by molar-refractivity contribution is 5.94. The highest BCUT2D eigenvalue weighted by Gasteiger charge is 2.14. The Morgan fingerprint density at radius 2 is 1.86 bits per heavy atom. The van der Waals surface area contributed by atoms with E-state index in [-0.39, 0.29) is 24.2 Å². The lowest BCUT2D eigenvalue weighted by molar-refractivity contribution is 0.0949. The summed E-state index contributed by atoms with van der Waals surface area (Å²) in [6, 6.07) is 13.8. The average Bonchev–Trinajstić information content (AvgIpc) is 2.76. The molecule has 0 spiro atoms. The number of pyridine rings is 2. The van der Waals surface area contributed by atoms with Crippen molar-refractivity contribution in [1.29, 1.82) is 0 Å². The molecule has 4 rings (SSSR count). The molecule has 3 heterocycles. The number of rotatable bonds is 5. The van der Waals surface area contributed by atoms with Crippen LogP contribution >= 0.6 is 0 Å². The van der Waals surface area contributed by atoms with Gasteiger partial charge in [-0.15, -0.1) is 0 Å². The summed E-state index contributed by atoms with van der Waals surface area (Å²) in [6.45, 7) is 0.331. The zero-order valence-corrected chi connectivity index (χ0v) is 15.3. The highest BCUT2D eigenvalue weighted by atomic mass is 16.2. The minimum absolute atomic E-state index is 0.0143. The SMILES string of the molecule is O=C(NCc1nn(Cc2cccnc2)c(=O)c2ccccc12)c1ccc[nH]c1=O. The molecule has 144 valence electrons. The van der Waals surface area contributed by atoms with Crippen molar-refractivity contribution in [1.82, 2.24) is 25.1 Å². The quantitative estimate of drug-likeness (QED) is 0.539. The van der Waals surface area contributed by atoms with Crippen molar-refractivity contribution in [2.24, 2.45) is 0 Å². The molecular weight excluding hydrogens is 370 g/mol. The smallest absolute Gasteiger partial charge is 0.274 e. The van der Waals surface area contributed by atoms with Crippen LogP contribution in [0.4, 0.5) is 0 Å². The average molecular weight is 387 g/mol. The standard InChI is InChI=1S/C21H17N5O3/c27-19-17(8-4-10-23-19)20(28)24-12-18-15-6-1-2-7-16(15)21(29)26(25-18)13-14-5-3-9-22-11-14/h1-11H,12-13H2,(H,23,27)(H,24,28). The van der Waals surface area contributed by atoms with Crippen LogP contribution in [0.15, 0.2) is 76.7 Å². The summed E-state index contributed by atoms with van der Waals surface area (Å²) in [5.41, 5.74) is 0.692. The molecule has 4 aromatic rings. The van der Waals surface area contributed by atoms with E-state index in [2.05, 4.69) is 20.4 Å². The largest absolute Gasteiger partial charge is 0.346 e. The molecule has 0 saturated heterocycles. The summed E-state index contributed by atoms with van der Waals surface area (Å²) in [4.78, 5) is 43.6. The molecule has 2 N–H and O–H groups in total. The van der Waals surface area contributed by atoms with Crippen LogP contribution < -0.4 is 16.4 Å². The lowest BCUT2D eigenvalue weighted by Gasteiger charge is -2.12. The van der Waals surface area contributed by atoms with E-state index in [1.807, 2.05) is 12.1 Å². The molecule has 0 atom stereocenters. The van der Waals surface area contributed by atoms with Gasteiger partial charge in [0.05, 0.1) is 24.2 Å². The third-order valence-electron chi connectivity index (χ3n) is 4.48. The predicted molar refractivity (Wildman–Crippen MR) is 108 cm³/mol. The van der Waals surface area contributed by atoms with Crippen molar-refractivity contribution in [2.45, 2.75) is 13.1 Å². The second-order valence-electron chi connectivity index (χ2n) is 6.41. The Kier molecular flexibility index (Phi) is 4.98. The van der Waals surface area contributed by atoms with E-state index < -0.39 is 11.5 Å². The first-order chi connectivity index (χ1) is 14.1.